The number of ketones is 1. The van der Waals surface area contributed by atoms with Crippen LogP contribution in [0.25, 0.3) is 0 Å². The van der Waals surface area contributed by atoms with E-state index >= 15 is 0 Å². The molecule has 1 saturated heterocycles. The van der Waals surface area contributed by atoms with Crippen LogP contribution >= 0.6 is 0 Å². The molecule has 1 aliphatic rings. The standard InChI is InChI=1S/C18H18FNO5S/c19-15-3-1-2-14(12-15)18(21)13-25-16-4-6-17(7-5-16)26(22,23)20-8-10-24-11-9-20/h1-7,12H,8-11,13H2. The van der Waals surface area contributed by atoms with Crippen LogP contribution < -0.4 is 4.74 Å². The van der Waals surface area contributed by atoms with Gasteiger partial charge in [-0.25, -0.2) is 12.8 Å². The Kier molecular flexibility index (Phi) is 5.65. The molecule has 0 radical (unpaired) electrons. The Morgan fingerprint density at radius 1 is 1.12 bits per heavy atom. The smallest absolute Gasteiger partial charge is 0.243 e. The van der Waals surface area contributed by atoms with Crippen molar-refractivity contribution in [1.82, 2.24) is 4.31 Å². The molecule has 2 aromatic carbocycles. The van der Waals surface area contributed by atoms with Gasteiger partial charge in [-0.2, -0.15) is 4.31 Å². The molecule has 1 heterocycles. The van der Waals surface area contributed by atoms with Crippen molar-refractivity contribution in [3.8, 4) is 5.75 Å². The largest absolute Gasteiger partial charge is 0.485 e. The normalized spacial score (nSPS) is 15.6. The lowest BCUT2D eigenvalue weighted by Crippen LogP contribution is -2.40. The van der Waals surface area contributed by atoms with E-state index in [0.717, 1.165) is 6.07 Å². The van der Waals surface area contributed by atoms with Gasteiger partial charge in [-0.3, -0.25) is 4.79 Å². The van der Waals surface area contributed by atoms with Crippen molar-refractivity contribution < 1.29 is 27.1 Å². The predicted octanol–water partition coefficient (Wildman–Crippen LogP) is 2.11. The Labute approximate surface area is 151 Å². The summed E-state index contributed by atoms with van der Waals surface area (Å²) in [6.45, 7) is 1.13. The van der Waals surface area contributed by atoms with E-state index in [2.05, 4.69) is 0 Å². The Morgan fingerprint density at radius 3 is 2.46 bits per heavy atom. The summed E-state index contributed by atoms with van der Waals surface area (Å²) in [5.74, 6) is -0.501. The number of hydrogen-bond donors (Lipinski definition) is 0. The van der Waals surface area contributed by atoms with E-state index in [4.69, 9.17) is 9.47 Å². The minimum Gasteiger partial charge on any atom is -0.485 e. The maximum atomic E-state index is 13.1. The molecule has 2 aromatic rings. The van der Waals surface area contributed by atoms with E-state index in [-0.39, 0.29) is 22.8 Å². The first-order chi connectivity index (χ1) is 12.5. The molecule has 0 aromatic heterocycles. The minimum absolute atomic E-state index is 0.156. The van der Waals surface area contributed by atoms with Gasteiger partial charge in [0.05, 0.1) is 18.1 Å². The number of halogens is 1. The Bertz CT molecular complexity index is 877. The number of nitrogens with zero attached hydrogens (tertiary/aromatic N) is 1. The molecule has 1 fully saturated rings. The molecule has 26 heavy (non-hydrogen) atoms. The molecule has 0 amide bonds. The summed E-state index contributed by atoms with van der Waals surface area (Å²) >= 11 is 0. The van der Waals surface area contributed by atoms with Gasteiger partial charge in [0, 0.05) is 18.7 Å². The number of ether oxygens (including phenoxy) is 2. The zero-order valence-electron chi connectivity index (χ0n) is 13.9. The SMILES string of the molecule is O=C(COc1ccc(S(=O)(=O)N2CCOCC2)cc1)c1cccc(F)c1. The molecule has 0 saturated carbocycles. The number of Topliss-reactive ketones (excluding diaryl/α,β-unsaturated/α-hetero) is 1. The third kappa shape index (κ3) is 4.27. The summed E-state index contributed by atoms with van der Waals surface area (Å²) < 4.78 is 50.1. The Hall–Kier alpha value is -2.29. The average Bonchev–Trinajstić information content (AvgIpc) is 2.67. The quantitative estimate of drug-likeness (QED) is 0.719. The zero-order valence-corrected chi connectivity index (χ0v) is 14.7. The summed E-state index contributed by atoms with van der Waals surface area (Å²) in [4.78, 5) is 12.2. The van der Waals surface area contributed by atoms with Gasteiger partial charge in [-0.05, 0) is 36.4 Å². The van der Waals surface area contributed by atoms with Crippen LogP contribution in [0.4, 0.5) is 4.39 Å². The lowest BCUT2D eigenvalue weighted by atomic mass is 10.1. The van der Waals surface area contributed by atoms with Crippen molar-refractivity contribution in [2.45, 2.75) is 4.90 Å². The third-order valence-corrected chi connectivity index (χ3v) is 5.86. The maximum Gasteiger partial charge on any atom is 0.243 e. The number of sulfonamides is 1. The second-order valence-corrected chi connectivity index (χ2v) is 7.65. The molecule has 138 valence electrons. The fourth-order valence-corrected chi connectivity index (χ4v) is 3.95. The minimum atomic E-state index is -3.57. The van der Waals surface area contributed by atoms with E-state index in [0.29, 0.717) is 32.1 Å². The second kappa shape index (κ2) is 7.94. The van der Waals surface area contributed by atoms with Crippen molar-refractivity contribution in [2.75, 3.05) is 32.9 Å². The van der Waals surface area contributed by atoms with Crippen LogP contribution in [0.5, 0.6) is 5.75 Å². The highest BCUT2D eigenvalue weighted by Crippen LogP contribution is 2.20. The molecule has 6 nitrogen and oxygen atoms in total. The number of hydrogen-bond acceptors (Lipinski definition) is 5. The van der Waals surface area contributed by atoms with E-state index in [1.54, 1.807) is 0 Å². The maximum absolute atomic E-state index is 13.1. The van der Waals surface area contributed by atoms with Crippen LogP contribution in [-0.2, 0) is 14.8 Å². The monoisotopic (exact) mass is 379 g/mol. The van der Waals surface area contributed by atoms with Gasteiger partial charge in [-0.15, -0.1) is 0 Å². The molecule has 0 atom stereocenters. The van der Waals surface area contributed by atoms with Crippen LogP contribution in [-0.4, -0.2) is 51.4 Å². The number of benzene rings is 2. The van der Waals surface area contributed by atoms with Gasteiger partial charge in [-0.1, -0.05) is 12.1 Å². The highest BCUT2D eigenvalue weighted by Gasteiger charge is 2.26. The van der Waals surface area contributed by atoms with Crippen LogP contribution in [0.3, 0.4) is 0 Å². The van der Waals surface area contributed by atoms with E-state index < -0.39 is 15.8 Å². The second-order valence-electron chi connectivity index (χ2n) is 5.71. The van der Waals surface area contributed by atoms with Gasteiger partial charge in [0.2, 0.25) is 10.0 Å². The van der Waals surface area contributed by atoms with Crippen LogP contribution in [0.15, 0.2) is 53.4 Å². The van der Waals surface area contributed by atoms with E-state index in [1.807, 2.05) is 0 Å². The number of carbonyl (C=O) groups is 1. The van der Waals surface area contributed by atoms with Gasteiger partial charge in [0.15, 0.2) is 12.4 Å². The number of morpholine rings is 1. The first-order valence-corrected chi connectivity index (χ1v) is 9.50. The molecule has 1 aliphatic heterocycles. The topological polar surface area (TPSA) is 72.9 Å². The summed E-state index contributed by atoms with van der Waals surface area (Å²) in [5, 5.41) is 0. The van der Waals surface area contributed by atoms with Gasteiger partial charge >= 0.3 is 0 Å². The fraction of sp³-hybridized carbons (Fsp3) is 0.278. The lowest BCUT2D eigenvalue weighted by Gasteiger charge is -2.26. The summed E-state index contributed by atoms with van der Waals surface area (Å²) in [6, 6.07) is 11.2. The summed E-state index contributed by atoms with van der Waals surface area (Å²) in [6.07, 6.45) is 0. The van der Waals surface area contributed by atoms with Crippen molar-refractivity contribution >= 4 is 15.8 Å². The van der Waals surface area contributed by atoms with Gasteiger partial charge in [0.25, 0.3) is 0 Å². The molecule has 0 N–H and O–H groups in total. The first-order valence-electron chi connectivity index (χ1n) is 8.06. The van der Waals surface area contributed by atoms with Crippen molar-refractivity contribution in [3.63, 3.8) is 0 Å². The van der Waals surface area contributed by atoms with Crippen molar-refractivity contribution in [3.05, 3.63) is 59.9 Å². The van der Waals surface area contributed by atoms with Crippen molar-refractivity contribution in [2.24, 2.45) is 0 Å². The van der Waals surface area contributed by atoms with Gasteiger partial charge in [0.1, 0.15) is 11.6 Å². The fourth-order valence-electron chi connectivity index (χ4n) is 2.54. The number of rotatable bonds is 6. The third-order valence-electron chi connectivity index (χ3n) is 3.95. The molecular weight excluding hydrogens is 361 g/mol. The Balaban J connectivity index is 1.63. The zero-order chi connectivity index (χ0) is 18.6. The molecule has 8 heteroatoms. The van der Waals surface area contributed by atoms with E-state index in [1.165, 1.54) is 46.8 Å². The molecule has 0 spiro atoms. The van der Waals surface area contributed by atoms with E-state index in [9.17, 15) is 17.6 Å². The van der Waals surface area contributed by atoms with Crippen LogP contribution in [0, 0.1) is 5.82 Å². The summed E-state index contributed by atoms with van der Waals surface area (Å²) in [7, 11) is -3.57. The van der Waals surface area contributed by atoms with Crippen LogP contribution in [0.1, 0.15) is 10.4 Å². The highest BCUT2D eigenvalue weighted by molar-refractivity contribution is 7.89. The van der Waals surface area contributed by atoms with Gasteiger partial charge < -0.3 is 9.47 Å². The van der Waals surface area contributed by atoms with Crippen molar-refractivity contribution in [1.29, 1.82) is 0 Å². The Morgan fingerprint density at radius 2 is 1.81 bits per heavy atom. The molecular formula is C18H18FNO5S. The van der Waals surface area contributed by atoms with Crippen LogP contribution in [0.2, 0.25) is 0 Å². The summed E-state index contributed by atoms with van der Waals surface area (Å²) in [5.41, 5.74) is 0.219. The molecule has 0 unspecified atom stereocenters. The average molecular weight is 379 g/mol. The molecule has 3 rings (SSSR count). The molecule has 0 bridgehead atoms. The lowest BCUT2D eigenvalue weighted by molar-refractivity contribution is 0.0730. The predicted molar refractivity (Wildman–Crippen MR) is 92.2 cm³/mol. The number of carbonyl (C=O) groups excluding carboxylic acids is 1. The first kappa shape index (κ1) is 18.5. The highest BCUT2D eigenvalue weighted by atomic mass is 32.2. The molecule has 0 aliphatic carbocycles.